The fourth-order valence-corrected chi connectivity index (χ4v) is 4.49. The van der Waals surface area contributed by atoms with E-state index in [1.807, 2.05) is 12.1 Å². The second-order valence-corrected chi connectivity index (χ2v) is 8.49. The van der Waals surface area contributed by atoms with Crippen LogP contribution in [0.4, 0.5) is 18.9 Å². The van der Waals surface area contributed by atoms with Crippen molar-refractivity contribution in [3.05, 3.63) is 88.9 Å². The number of fused-ring (bicyclic) bond motifs is 1. The molecule has 0 aliphatic carbocycles. The van der Waals surface area contributed by atoms with Crippen molar-refractivity contribution in [3.63, 3.8) is 0 Å². The molecule has 2 aliphatic rings. The number of piperazine rings is 1. The van der Waals surface area contributed by atoms with Crippen LogP contribution < -0.4 is 4.90 Å². The van der Waals surface area contributed by atoms with Gasteiger partial charge in [-0.2, -0.15) is 13.2 Å². The van der Waals surface area contributed by atoms with Crippen LogP contribution in [0.1, 0.15) is 37.4 Å². The Morgan fingerprint density at radius 2 is 1.56 bits per heavy atom. The molecule has 3 heterocycles. The highest BCUT2D eigenvalue weighted by atomic mass is 19.4. The van der Waals surface area contributed by atoms with E-state index in [1.165, 1.54) is 12.1 Å². The third kappa shape index (κ3) is 4.19. The van der Waals surface area contributed by atoms with Crippen molar-refractivity contribution in [2.45, 2.75) is 19.3 Å². The highest BCUT2D eigenvalue weighted by Crippen LogP contribution is 2.34. The van der Waals surface area contributed by atoms with Gasteiger partial charge in [0.15, 0.2) is 0 Å². The van der Waals surface area contributed by atoms with Crippen LogP contribution >= 0.6 is 0 Å². The fourth-order valence-electron chi connectivity index (χ4n) is 4.49. The second-order valence-electron chi connectivity index (χ2n) is 8.49. The number of hydrogen-bond acceptors (Lipinski definition) is 5. The minimum atomic E-state index is -4.44. The first-order chi connectivity index (χ1) is 16.3. The summed E-state index contributed by atoms with van der Waals surface area (Å²) in [7, 11) is 0. The van der Waals surface area contributed by atoms with E-state index in [-0.39, 0.29) is 6.54 Å². The molecule has 176 valence electrons. The molecule has 0 saturated carbocycles. The Morgan fingerprint density at radius 3 is 2.21 bits per heavy atom. The molecular weight excluding hydrogens is 447 g/mol. The largest absolute Gasteiger partial charge is 0.472 e. The number of alkyl halides is 3. The van der Waals surface area contributed by atoms with Crippen LogP contribution in [0.25, 0.3) is 0 Å². The first-order valence-electron chi connectivity index (χ1n) is 10.9. The van der Waals surface area contributed by atoms with Crippen molar-refractivity contribution in [2.24, 2.45) is 0 Å². The van der Waals surface area contributed by atoms with E-state index in [2.05, 4.69) is 9.80 Å². The van der Waals surface area contributed by atoms with E-state index < -0.39 is 23.6 Å². The summed E-state index contributed by atoms with van der Waals surface area (Å²) in [4.78, 5) is 31.8. The summed E-state index contributed by atoms with van der Waals surface area (Å²) in [5.41, 5.74) is 2.20. The van der Waals surface area contributed by atoms with Crippen LogP contribution in [0.3, 0.4) is 0 Å². The number of nitrogens with zero attached hydrogens (tertiary/aromatic N) is 3. The molecule has 2 amide bonds. The van der Waals surface area contributed by atoms with Crippen LogP contribution in [-0.2, 0) is 19.3 Å². The average molecular weight is 469 g/mol. The lowest BCUT2D eigenvalue weighted by Crippen LogP contribution is -2.46. The maximum absolute atomic E-state index is 13.3. The van der Waals surface area contributed by atoms with Crippen LogP contribution in [0.5, 0.6) is 0 Å². The Labute approximate surface area is 194 Å². The smallest absolute Gasteiger partial charge is 0.416 e. The van der Waals surface area contributed by atoms with E-state index in [0.717, 1.165) is 42.2 Å². The van der Waals surface area contributed by atoms with Crippen molar-refractivity contribution in [3.8, 4) is 0 Å². The van der Waals surface area contributed by atoms with Gasteiger partial charge in [-0.25, -0.2) is 0 Å². The summed E-state index contributed by atoms with van der Waals surface area (Å²) in [5, 5.41) is 0. The van der Waals surface area contributed by atoms with Crippen molar-refractivity contribution in [1.82, 2.24) is 9.80 Å². The Bertz CT molecular complexity index is 1200. The van der Waals surface area contributed by atoms with E-state index in [0.29, 0.717) is 35.5 Å². The van der Waals surface area contributed by atoms with Crippen molar-refractivity contribution in [2.75, 3.05) is 31.1 Å². The number of halogens is 3. The number of carbonyl (C=O) groups is 2. The van der Waals surface area contributed by atoms with Gasteiger partial charge in [0.05, 0.1) is 41.4 Å². The summed E-state index contributed by atoms with van der Waals surface area (Å²) in [5.74, 6) is -0.850. The number of carbonyl (C=O) groups excluding carboxylic acids is 2. The lowest BCUT2D eigenvalue weighted by atomic mass is 10.1. The fraction of sp³-hybridized carbons (Fsp3) is 0.280. The van der Waals surface area contributed by atoms with Gasteiger partial charge < -0.3 is 9.32 Å². The van der Waals surface area contributed by atoms with Gasteiger partial charge in [0, 0.05) is 38.3 Å². The first-order valence-corrected chi connectivity index (χ1v) is 10.9. The number of benzene rings is 2. The van der Waals surface area contributed by atoms with Crippen LogP contribution in [-0.4, -0.2) is 47.8 Å². The molecule has 34 heavy (non-hydrogen) atoms. The molecule has 3 aromatic rings. The molecule has 0 unspecified atom stereocenters. The predicted octanol–water partition coefficient (Wildman–Crippen LogP) is 4.42. The zero-order valence-corrected chi connectivity index (χ0v) is 18.2. The summed E-state index contributed by atoms with van der Waals surface area (Å²) < 4.78 is 43.6. The van der Waals surface area contributed by atoms with E-state index in [1.54, 1.807) is 24.7 Å². The topological polar surface area (TPSA) is 57.0 Å². The van der Waals surface area contributed by atoms with Gasteiger partial charge >= 0.3 is 6.18 Å². The summed E-state index contributed by atoms with van der Waals surface area (Å²) >= 11 is 0. The Morgan fingerprint density at radius 1 is 0.824 bits per heavy atom. The SMILES string of the molecule is O=C1c2cccc(N3CCN(Cc4ccoc4)CC3)c2C(=O)N1Cc1ccc(C(F)(F)F)cc1. The Hall–Kier alpha value is -3.59. The third-order valence-corrected chi connectivity index (χ3v) is 6.30. The Kier molecular flexibility index (Phi) is 5.65. The van der Waals surface area contributed by atoms with Gasteiger partial charge in [0.25, 0.3) is 11.8 Å². The second kappa shape index (κ2) is 8.64. The molecule has 0 N–H and O–H groups in total. The molecule has 1 saturated heterocycles. The number of amides is 2. The summed E-state index contributed by atoms with van der Waals surface area (Å²) in [6, 6.07) is 11.7. The van der Waals surface area contributed by atoms with Gasteiger partial charge in [-0.05, 0) is 35.9 Å². The maximum atomic E-state index is 13.3. The highest BCUT2D eigenvalue weighted by Gasteiger charge is 2.39. The van der Waals surface area contributed by atoms with Crippen molar-refractivity contribution >= 4 is 17.5 Å². The zero-order chi connectivity index (χ0) is 23.9. The number of furan rings is 1. The van der Waals surface area contributed by atoms with Crippen LogP contribution in [0, 0.1) is 0 Å². The molecule has 1 aromatic heterocycles. The molecule has 0 spiro atoms. The lowest BCUT2D eigenvalue weighted by Gasteiger charge is -2.36. The van der Waals surface area contributed by atoms with E-state index in [4.69, 9.17) is 4.42 Å². The van der Waals surface area contributed by atoms with Gasteiger partial charge in [0.2, 0.25) is 0 Å². The molecule has 2 aromatic carbocycles. The van der Waals surface area contributed by atoms with Gasteiger partial charge in [-0.3, -0.25) is 19.4 Å². The monoisotopic (exact) mass is 469 g/mol. The molecule has 0 bridgehead atoms. The minimum absolute atomic E-state index is 0.0810. The van der Waals surface area contributed by atoms with Gasteiger partial charge in [-0.1, -0.05) is 18.2 Å². The normalized spacial score (nSPS) is 16.9. The molecule has 0 atom stereocenters. The summed E-state index contributed by atoms with van der Waals surface area (Å²) in [6.45, 7) is 3.71. The molecular formula is C25H22F3N3O3. The predicted molar refractivity (Wildman–Crippen MR) is 118 cm³/mol. The lowest BCUT2D eigenvalue weighted by molar-refractivity contribution is -0.137. The average Bonchev–Trinajstić information content (AvgIpc) is 3.42. The minimum Gasteiger partial charge on any atom is -0.472 e. The molecule has 1 fully saturated rings. The molecule has 6 nitrogen and oxygen atoms in total. The molecule has 2 aliphatic heterocycles. The zero-order valence-electron chi connectivity index (χ0n) is 18.2. The van der Waals surface area contributed by atoms with Crippen molar-refractivity contribution in [1.29, 1.82) is 0 Å². The summed E-state index contributed by atoms with van der Waals surface area (Å²) in [6.07, 6.45) is -1.06. The number of imide groups is 1. The number of anilines is 1. The van der Waals surface area contributed by atoms with Gasteiger partial charge in [-0.15, -0.1) is 0 Å². The molecule has 5 rings (SSSR count). The van der Waals surface area contributed by atoms with Crippen LogP contribution in [0.15, 0.2) is 65.5 Å². The van der Waals surface area contributed by atoms with Crippen molar-refractivity contribution < 1.29 is 27.2 Å². The maximum Gasteiger partial charge on any atom is 0.416 e. The third-order valence-electron chi connectivity index (χ3n) is 6.30. The van der Waals surface area contributed by atoms with Crippen LogP contribution in [0.2, 0.25) is 0 Å². The van der Waals surface area contributed by atoms with Gasteiger partial charge in [0.1, 0.15) is 0 Å². The highest BCUT2D eigenvalue weighted by molar-refractivity contribution is 6.23. The molecule has 9 heteroatoms. The molecule has 0 radical (unpaired) electrons. The number of hydrogen-bond donors (Lipinski definition) is 0. The number of rotatable bonds is 5. The Balaban J connectivity index is 1.31. The standard InChI is InChI=1S/C25H22F3N3O3/c26-25(27,28)19-6-4-17(5-7-19)15-31-23(32)20-2-1-3-21(22(20)24(31)33)30-11-9-29(10-12-30)14-18-8-13-34-16-18/h1-8,13,16H,9-12,14-15H2. The first kappa shape index (κ1) is 22.2. The van der Waals surface area contributed by atoms with E-state index in [9.17, 15) is 22.8 Å². The quantitative estimate of drug-likeness (QED) is 0.518. The van der Waals surface area contributed by atoms with E-state index >= 15 is 0 Å².